The molecule has 0 radical (unpaired) electrons. The molecule has 0 heterocycles. The van der Waals surface area contributed by atoms with Crippen molar-refractivity contribution in [2.75, 3.05) is 18.9 Å². The largest absolute Gasteiger partial charge is 0.495 e. The minimum absolute atomic E-state index is 0.0785. The van der Waals surface area contributed by atoms with Gasteiger partial charge in [0, 0.05) is 30.4 Å². The molecule has 178 valence electrons. The summed E-state index contributed by atoms with van der Waals surface area (Å²) in [6.07, 6.45) is 0. The molecule has 3 aromatic carbocycles. The van der Waals surface area contributed by atoms with E-state index in [9.17, 15) is 23.3 Å². The molecular weight excluding hydrogens is 458 g/mol. The molecule has 0 spiro atoms. The average molecular weight is 484 g/mol. The molecule has 0 saturated carbocycles. The van der Waals surface area contributed by atoms with Gasteiger partial charge in [-0.1, -0.05) is 29.8 Å². The lowest BCUT2D eigenvalue weighted by molar-refractivity contribution is -0.384. The summed E-state index contributed by atoms with van der Waals surface area (Å²) < 4.78 is 33.9. The second kappa shape index (κ2) is 9.92. The van der Waals surface area contributed by atoms with E-state index in [-0.39, 0.29) is 21.9 Å². The summed E-state index contributed by atoms with van der Waals surface area (Å²) in [6.45, 7) is 3.62. The zero-order chi connectivity index (χ0) is 25.0. The number of amides is 1. The van der Waals surface area contributed by atoms with Crippen molar-refractivity contribution in [2.45, 2.75) is 24.8 Å². The highest BCUT2D eigenvalue weighted by Gasteiger charge is 2.25. The van der Waals surface area contributed by atoms with E-state index in [0.717, 1.165) is 5.56 Å². The number of carbonyl (C=O) groups is 1. The summed E-state index contributed by atoms with van der Waals surface area (Å²) in [5.74, 6) is -0.362. The maximum atomic E-state index is 13.2. The number of methoxy groups -OCH3 is 1. The van der Waals surface area contributed by atoms with E-state index in [4.69, 9.17) is 4.74 Å². The summed E-state index contributed by atoms with van der Waals surface area (Å²) in [5, 5.41) is 11.1. The predicted octanol–water partition coefficient (Wildman–Crippen LogP) is 4.55. The number of ether oxygens (including phenoxy) is 1. The SMILES string of the molecule is COc1ccc(C(=O)N(C)C(C)c2cccc([N+](=O)[O-])c2)cc1S(=O)(=O)Nc1ccc(C)cc1. The Labute approximate surface area is 198 Å². The van der Waals surface area contributed by atoms with Crippen molar-refractivity contribution in [3.63, 3.8) is 0 Å². The van der Waals surface area contributed by atoms with Crippen molar-refractivity contribution in [3.8, 4) is 5.75 Å². The Morgan fingerprint density at radius 1 is 1.09 bits per heavy atom. The van der Waals surface area contributed by atoms with Gasteiger partial charge in [-0.05, 0) is 49.7 Å². The molecule has 0 fully saturated rings. The fraction of sp³-hybridized carbons (Fsp3) is 0.208. The van der Waals surface area contributed by atoms with Gasteiger partial charge in [0.25, 0.3) is 21.6 Å². The van der Waals surface area contributed by atoms with Crippen molar-refractivity contribution in [1.82, 2.24) is 4.90 Å². The highest BCUT2D eigenvalue weighted by molar-refractivity contribution is 7.92. The van der Waals surface area contributed by atoms with Gasteiger partial charge in [-0.15, -0.1) is 0 Å². The van der Waals surface area contributed by atoms with E-state index in [1.54, 1.807) is 50.4 Å². The summed E-state index contributed by atoms with van der Waals surface area (Å²) in [7, 11) is -1.16. The van der Waals surface area contributed by atoms with Gasteiger partial charge in [-0.3, -0.25) is 19.6 Å². The Kier molecular flexibility index (Phi) is 7.21. The van der Waals surface area contributed by atoms with Gasteiger partial charge >= 0.3 is 0 Å². The third-order valence-corrected chi connectivity index (χ3v) is 6.87. The monoisotopic (exact) mass is 483 g/mol. The molecule has 0 aliphatic heterocycles. The zero-order valence-corrected chi connectivity index (χ0v) is 20.0. The number of anilines is 1. The fourth-order valence-electron chi connectivity index (χ4n) is 3.35. The van der Waals surface area contributed by atoms with Crippen LogP contribution < -0.4 is 9.46 Å². The Morgan fingerprint density at radius 2 is 1.76 bits per heavy atom. The normalized spacial score (nSPS) is 12.0. The molecule has 1 N–H and O–H groups in total. The van der Waals surface area contributed by atoms with Gasteiger partial charge < -0.3 is 9.64 Å². The number of nitro groups is 1. The molecule has 3 rings (SSSR count). The fourth-order valence-corrected chi connectivity index (χ4v) is 4.61. The number of hydrogen-bond acceptors (Lipinski definition) is 6. The molecule has 34 heavy (non-hydrogen) atoms. The molecule has 10 heteroatoms. The first-order valence-electron chi connectivity index (χ1n) is 10.3. The molecule has 9 nitrogen and oxygen atoms in total. The molecule has 1 unspecified atom stereocenters. The number of hydrogen-bond donors (Lipinski definition) is 1. The first-order valence-corrected chi connectivity index (χ1v) is 11.8. The van der Waals surface area contributed by atoms with Gasteiger partial charge in [-0.25, -0.2) is 8.42 Å². The Morgan fingerprint density at radius 3 is 2.38 bits per heavy atom. The van der Waals surface area contributed by atoms with Crippen LogP contribution in [0.3, 0.4) is 0 Å². The van der Waals surface area contributed by atoms with Gasteiger partial charge in [0.05, 0.1) is 18.1 Å². The smallest absolute Gasteiger partial charge is 0.269 e. The van der Waals surface area contributed by atoms with E-state index in [1.807, 2.05) is 6.92 Å². The third kappa shape index (κ3) is 5.34. The lowest BCUT2D eigenvalue weighted by Crippen LogP contribution is -2.30. The number of carbonyl (C=O) groups excluding carboxylic acids is 1. The second-order valence-electron chi connectivity index (χ2n) is 7.78. The molecule has 0 aliphatic rings. The molecule has 3 aromatic rings. The zero-order valence-electron chi connectivity index (χ0n) is 19.2. The number of non-ortho nitro benzene ring substituents is 1. The number of aryl methyl sites for hydroxylation is 1. The van der Waals surface area contributed by atoms with Gasteiger partial charge in [0.1, 0.15) is 10.6 Å². The van der Waals surface area contributed by atoms with Crippen LogP contribution >= 0.6 is 0 Å². The quantitative estimate of drug-likeness (QED) is 0.371. The van der Waals surface area contributed by atoms with Crippen LogP contribution in [0.1, 0.15) is 34.5 Å². The van der Waals surface area contributed by atoms with Crippen molar-refractivity contribution in [2.24, 2.45) is 0 Å². The Balaban J connectivity index is 1.92. The van der Waals surface area contributed by atoms with E-state index in [1.165, 1.54) is 42.3 Å². The molecular formula is C24H25N3O6S. The van der Waals surface area contributed by atoms with Crippen molar-refractivity contribution >= 4 is 27.3 Å². The van der Waals surface area contributed by atoms with Gasteiger partial charge in [-0.2, -0.15) is 0 Å². The molecule has 0 bridgehead atoms. The highest BCUT2D eigenvalue weighted by atomic mass is 32.2. The minimum atomic E-state index is -4.06. The van der Waals surface area contributed by atoms with Crippen LogP contribution in [0.4, 0.5) is 11.4 Å². The molecule has 0 saturated heterocycles. The number of rotatable bonds is 8. The van der Waals surface area contributed by atoms with E-state index < -0.39 is 26.9 Å². The summed E-state index contributed by atoms with van der Waals surface area (Å²) in [4.78, 5) is 25.0. The van der Waals surface area contributed by atoms with E-state index in [0.29, 0.717) is 11.3 Å². The van der Waals surface area contributed by atoms with Crippen LogP contribution in [0.15, 0.2) is 71.6 Å². The first-order chi connectivity index (χ1) is 16.0. The van der Waals surface area contributed by atoms with Crippen molar-refractivity contribution < 1.29 is 22.9 Å². The topological polar surface area (TPSA) is 119 Å². The van der Waals surface area contributed by atoms with Crippen molar-refractivity contribution in [1.29, 1.82) is 0 Å². The maximum Gasteiger partial charge on any atom is 0.269 e. The van der Waals surface area contributed by atoms with E-state index in [2.05, 4.69) is 4.72 Å². The summed E-state index contributed by atoms with van der Waals surface area (Å²) >= 11 is 0. The molecule has 0 aliphatic carbocycles. The minimum Gasteiger partial charge on any atom is -0.495 e. The number of nitrogens with zero attached hydrogens (tertiary/aromatic N) is 2. The Hall–Kier alpha value is -3.92. The highest BCUT2D eigenvalue weighted by Crippen LogP contribution is 2.29. The van der Waals surface area contributed by atoms with Crippen LogP contribution in [0, 0.1) is 17.0 Å². The second-order valence-corrected chi connectivity index (χ2v) is 9.43. The number of benzene rings is 3. The van der Waals surface area contributed by atoms with Gasteiger partial charge in [0.15, 0.2) is 0 Å². The molecule has 1 atom stereocenters. The average Bonchev–Trinajstić information content (AvgIpc) is 2.83. The van der Waals surface area contributed by atoms with Crippen LogP contribution in [0.25, 0.3) is 0 Å². The summed E-state index contributed by atoms with van der Waals surface area (Å²) in [5.41, 5.74) is 1.98. The van der Waals surface area contributed by atoms with Crippen LogP contribution in [0.2, 0.25) is 0 Å². The number of nitro benzene ring substituents is 1. The third-order valence-electron chi connectivity index (χ3n) is 5.47. The molecule has 0 aromatic heterocycles. The lowest BCUT2D eigenvalue weighted by atomic mass is 10.1. The predicted molar refractivity (Wildman–Crippen MR) is 129 cm³/mol. The van der Waals surface area contributed by atoms with Crippen molar-refractivity contribution in [3.05, 3.63) is 93.5 Å². The standard InChI is InChI=1S/C24H25N3O6S/c1-16-8-11-20(12-9-16)25-34(31,32)23-15-19(10-13-22(23)33-4)24(28)26(3)17(2)18-6-5-7-21(14-18)27(29)30/h5-15,17,25H,1-4H3. The molecule has 1 amide bonds. The number of nitrogens with one attached hydrogen (secondary N) is 1. The summed E-state index contributed by atoms with van der Waals surface area (Å²) in [6, 6.07) is 16.5. The number of sulfonamides is 1. The Bertz CT molecular complexity index is 1320. The van der Waals surface area contributed by atoms with Crippen LogP contribution in [-0.2, 0) is 10.0 Å². The maximum absolute atomic E-state index is 13.2. The van der Waals surface area contributed by atoms with Crippen LogP contribution in [-0.4, -0.2) is 38.3 Å². The van der Waals surface area contributed by atoms with Gasteiger partial charge in [0.2, 0.25) is 0 Å². The first kappa shape index (κ1) is 24.7. The van der Waals surface area contributed by atoms with Crippen LogP contribution in [0.5, 0.6) is 5.75 Å². The van der Waals surface area contributed by atoms with E-state index >= 15 is 0 Å². The lowest BCUT2D eigenvalue weighted by Gasteiger charge is -2.25.